The number of hydrogen-bond donors (Lipinski definition) is 0. The van der Waals surface area contributed by atoms with Crippen LogP contribution in [0.5, 0.6) is 0 Å². The molecule has 0 saturated heterocycles. The normalized spacial score (nSPS) is 15.6. The Morgan fingerprint density at radius 3 is 1.44 bits per heavy atom. The van der Waals surface area contributed by atoms with E-state index in [-0.39, 0.29) is 5.41 Å². The van der Waals surface area contributed by atoms with Gasteiger partial charge in [-0.25, -0.2) is 5.57 Å². The molecule has 0 aromatic carbocycles. The molecule has 94 valence electrons. The third kappa shape index (κ3) is 6.49. The molecule has 0 aliphatic heterocycles. The number of rotatable bonds is 0. The summed E-state index contributed by atoms with van der Waals surface area (Å²) in [5.41, 5.74) is 4.39. The zero-order valence-corrected chi connectivity index (χ0v) is 13.8. The predicted octanol–water partition coefficient (Wildman–Crippen LogP) is 3.59. The van der Waals surface area contributed by atoms with E-state index in [0.717, 1.165) is 0 Å². The fourth-order valence-corrected chi connectivity index (χ4v) is 1.41. The van der Waals surface area contributed by atoms with Crippen molar-refractivity contribution in [3.63, 3.8) is 0 Å². The second kappa shape index (κ2) is 11.4. The Balaban J connectivity index is -0.000000245. The van der Waals surface area contributed by atoms with Gasteiger partial charge in [0.05, 0.1) is 0 Å². The number of carbonyl (C=O) groups is 2. The third-order valence-corrected chi connectivity index (χ3v) is 2.56. The van der Waals surface area contributed by atoms with E-state index < -0.39 is 0 Å². The van der Waals surface area contributed by atoms with E-state index in [2.05, 4.69) is 70.7 Å². The van der Waals surface area contributed by atoms with Gasteiger partial charge in [0.25, 0.3) is 0 Å². The van der Waals surface area contributed by atoms with Crippen LogP contribution < -0.4 is 0 Å². The Morgan fingerprint density at radius 2 is 1.38 bits per heavy atom. The molecule has 1 aliphatic carbocycles. The second-order valence-electron chi connectivity index (χ2n) is 3.62. The van der Waals surface area contributed by atoms with Crippen LogP contribution >= 0.6 is 13.6 Å². The molecule has 0 saturated carbocycles. The van der Waals surface area contributed by atoms with Gasteiger partial charge in [-0.15, -0.1) is 6.92 Å². The van der Waals surface area contributed by atoms with E-state index in [1.54, 1.807) is 0 Å². The first-order valence-electron chi connectivity index (χ1n) is 4.46. The first kappa shape index (κ1) is 21.2. The van der Waals surface area contributed by atoms with Gasteiger partial charge in [0.1, 0.15) is 13.6 Å². The summed E-state index contributed by atoms with van der Waals surface area (Å²) < 4.78 is 0. The maximum atomic E-state index is 8.00. The minimum absolute atomic E-state index is 0.189. The summed E-state index contributed by atoms with van der Waals surface area (Å²) in [7, 11) is 0. The molecule has 0 fully saturated rings. The summed E-state index contributed by atoms with van der Waals surface area (Å²) in [4.78, 5) is 16.0. The van der Waals surface area contributed by atoms with Crippen molar-refractivity contribution < 1.29 is 25.9 Å². The van der Waals surface area contributed by atoms with E-state index in [9.17, 15) is 0 Å². The van der Waals surface area contributed by atoms with Crippen LogP contribution in [0.2, 0.25) is 0 Å². The predicted molar refractivity (Wildman–Crippen MR) is 67.8 cm³/mol. The molecule has 1 aliphatic rings. The molecule has 0 heterocycles. The first-order valence-corrected chi connectivity index (χ1v) is 8.44. The number of allylic oxidation sites excluding steroid dienone is 4. The van der Waals surface area contributed by atoms with Crippen molar-refractivity contribution in [3.05, 3.63) is 22.8 Å². The average Bonchev–Trinajstić information content (AvgIpc) is 2.50. The summed E-state index contributed by atoms with van der Waals surface area (Å²) in [5, 5.41) is 0. The molecule has 0 aromatic rings. The van der Waals surface area contributed by atoms with Gasteiger partial charge in [0, 0.05) is 0 Å². The topological polar surface area (TPSA) is 34.1 Å². The van der Waals surface area contributed by atoms with Crippen molar-refractivity contribution in [2.75, 3.05) is 0 Å². The second-order valence-corrected chi connectivity index (χ2v) is 3.62. The van der Waals surface area contributed by atoms with Crippen LogP contribution in [-0.2, 0) is 25.9 Å². The van der Waals surface area contributed by atoms with Gasteiger partial charge in [-0.3, -0.25) is 6.08 Å². The molecule has 0 N–H and O–H groups in total. The first-order chi connectivity index (χ1) is 7.45. The van der Waals surface area contributed by atoms with E-state index in [4.69, 9.17) is 9.59 Å². The van der Waals surface area contributed by atoms with Crippen molar-refractivity contribution in [2.24, 2.45) is 5.41 Å². The van der Waals surface area contributed by atoms with Crippen molar-refractivity contribution in [2.45, 2.75) is 34.6 Å². The van der Waals surface area contributed by atoms with E-state index in [1.165, 1.54) is 16.7 Å². The Hall–Kier alpha value is -0.0766. The molecular formula is C12H19BrO2Ru. The molecule has 16 heavy (non-hydrogen) atoms. The molecule has 0 unspecified atom stereocenters. The van der Waals surface area contributed by atoms with Crippen LogP contribution in [0.1, 0.15) is 34.6 Å². The Bertz CT molecular complexity index is 256. The van der Waals surface area contributed by atoms with Crippen LogP contribution in [0.15, 0.2) is 16.7 Å². The zero-order valence-electron chi connectivity index (χ0n) is 10.5. The van der Waals surface area contributed by atoms with E-state index >= 15 is 0 Å². The Morgan fingerprint density at radius 1 is 1.06 bits per heavy atom. The molecular weight excluding hydrogens is 357 g/mol. The van der Waals surface area contributed by atoms with Crippen molar-refractivity contribution in [1.29, 1.82) is 0 Å². The molecule has 0 bridgehead atoms. The van der Waals surface area contributed by atoms with Crippen LogP contribution in [-0.4, -0.2) is 13.6 Å². The monoisotopic (exact) mass is 376 g/mol. The Labute approximate surface area is 116 Å². The summed E-state index contributed by atoms with van der Waals surface area (Å²) in [5.74, 6) is 0. The Kier molecular flexibility index (Phi) is 15.1. The standard InChI is InChI=1S/C10H15.2CH2O.BrH.Ru/c1-7-6-10(4,5)9(3)8(7)2;2*1-2;;/h1-5H3;2*1H2;1H;/q-1;;;;+2/p-1. The van der Waals surface area contributed by atoms with Gasteiger partial charge < -0.3 is 9.59 Å². The van der Waals surface area contributed by atoms with Crippen molar-refractivity contribution >= 4 is 27.2 Å². The van der Waals surface area contributed by atoms with E-state index in [0.29, 0.717) is 0 Å². The van der Waals surface area contributed by atoms with Crippen molar-refractivity contribution in [1.82, 2.24) is 0 Å². The summed E-state index contributed by atoms with van der Waals surface area (Å²) >= 11 is 5.03. The summed E-state index contributed by atoms with van der Waals surface area (Å²) in [6.07, 6.45) is 3.44. The fourth-order valence-electron chi connectivity index (χ4n) is 1.41. The zero-order chi connectivity index (χ0) is 13.9. The van der Waals surface area contributed by atoms with Crippen LogP contribution in [0.4, 0.5) is 0 Å². The number of halogens is 1. The molecule has 0 radical (unpaired) electrons. The SMILES string of the molecule is C=O.C=O.CC1=[C-]C(C)(C)C(C)=C1C.[Br][Ru+]. The summed E-state index contributed by atoms with van der Waals surface area (Å²) in [6.45, 7) is 14.9. The molecule has 0 aromatic heterocycles. The molecule has 2 nitrogen and oxygen atoms in total. The van der Waals surface area contributed by atoms with Gasteiger partial charge in [0.2, 0.25) is 0 Å². The number of hydrogen-bond acceptors (Lipinski definition) is 2. The van der Waals surface area contributed by atoms with Crippen molar-refractivity contribution in [3.8, 4) is 0 Å². The van der Waals surface area contributed by atoms with E-state index in [1.807, 2.05) is 13.6 Å². The molecule has 0 amide bonds. The van der Waals surface area contributed by atoms with Crippen LogP contribution in [0.3, 0.4) is 0 Å². The quantitative estimate of drug-likeness (QED) is 0.478. The summed E-state index contributed by atoms with van der Waals surface area (Å²) in [6, 6.07) is 0. The third-order valence-electron chi connectivity index (χ3n) is 2.56. The molecule has 1 rings (SSSR count). The van der Waals surface area contributed by atoms with Gasteiger partial charge >= 0.3 is 30.0 Å². The van der Waals surface area contributed by atoms with Gasteiger partial charge in [-0.05, 0) is 0 Å². The van der Waals surface area contributed by atoms with Crippen LogP contribution in [0, 0.1) is 11.5 Å². The van der Waals surface area contributed by atoms with Gasteiger partial charge in [-0.1, -0.05) is 33.1 Å². The molecule has 4 heteroatoms. The molecule has 0 spiro atoms. The molecule has 0 atom stereocenters. The van der Waals surface area contributed by atoms with Gasteiger partial charge in [-0.2, -0.15) is 11.1 Å². The number of carbonyl (C=O) groups excluding carboxylic acids is 2. The minimum atomic E-state index is 0.189. The maximum absolute atomic E-state index is 8.00. The average molecular weight is 376 g/mol. The van der Waals surface area contributed by atoms with Gasteiger partial charge in [0.15, 0.2) is 0 Å². The van der Waals surface area contributed by atoms with Crippen LogP contribution in [0.25, 0.3) is 0 Å². The fraction of sp³-hybridized carbons (Fsp3) is 0.500.